The molecule has 0 saturated heterocycles. The summed E-state index contributed by atoms with van der Waals surface area (Å²) in [5, 5.41) is 20.4. The minimum Gasteiger partial charge on any atom is -0.504 e. The lowest BCUT2D eigenvalue weighted by atomic mass is 10.1. The van der Waals surface area contributed by atoms with E-state index in [1.54, 1.807) is 24.3 Å². The minimum atomic E-state index is -4.80. The number of rotatable bonds is 5. The van der Waals surface area contributed by atoms with E-state index in [1.165, 1.54) is 6.07 Å². The van der Waals surface area contributed by atoms with Gasteiger partial charge in [0.05, 0.1) is 15.2 Å². The Morgan fingerprint density at radius 1 is 0.750 bits per heavy atom. The van der Waals surface area contributed by atoms with Crippen LogP contribution in [0.15, 0.2) is 91.3 Å². The van der Waals surface area contributed by atoms with Gasteiger partial charge in [0, 0.05) is 10.8 Å². The summed E-state index contributed by atoms with van der Waals surface area (Å²) in [6.45, 7) is 0. The number of phenolic OH excluding ortho intramolecular Hbond substituents is 1. The maximum Gasteiger partial charge on any atom is 0.320 e. The van der Waals surface area contributed by atoms with Crippen molar-refractivity contribution in [2.45, 2.75) is 9.79 Å². The van der Waals surface area contributed by atoms with Gasteiger partial charge in [-0.05, 0) is 35.0 Å². The standard InChI is InChI=1S/C20H13N3O7S2/c24-20-18(31(26,27)23-25)11-13-10-14(32(28,29)30)8-9-16(13)19(20)22-21-17-7-3-5-12-4-1-2-6-15(12)17/h1-11,24H,(H,28,29,30)/b22-21+. The average molecular weight is 471 g/mol. The molecule has 0 radical (unpaired) electrons. The zero-order chi connectivity index (χ0) is 23.1. The molecule has 4 aromatic rings. The second kappa shape index (κ2) is 7.75. The van der Waals surface area contributed by atoms with Crippen LogP contribution in [-0.4, -0.2) is 26.5 Å². The second-order valence-electron chi connectivity index (χ2n) is 6.68. The van der Waals surface area contributed by atoms with Gasteiger partial charge in [-0.1, -0.05) is 42.5 Å². The van der Waals surface area contributed by atoms with Gasteiger partial charge < -0.3 is 5.11 Å². The van der Waals surface area contributed by atoms with Crippen molar-refractivity contribution in [2.24, 2.45) is 14.8 Å². The van der Waals surface area contributed by atoms with Crippen molar-refractivity contribution in [1.82, 2.24) is 0 Å². The Balaban J connectivity index is 2.01. The SMILES string of the molecule is O=NS(=O)(=O)c1cc2cc(S(=O)(=O)O)ccc2c(/N=N/c2cccc3ccccc23)c1O. The van der Waals surface area contributed by atoms with Crippen LogP contribution in [0.3, 0.4) is 0 Å². The Kier molecular flexibility index (Phi) is 5.20. The highest BCUT2D eigenvalue weighted by Gasteiger charge is 2.25. The summed E-state index contributed by atoms with van der Waals surface area (Å²) in [7, 11) is -9.40. The number of hydrogen-bond donors (Lipinski definition) is 2. The molecule has 0 aromatic heterocycles. The van der Waals surface area contributed by atoms with Crippen molar-refractivity contribution < 1.29 is 26.5 Å². The van der Waals surface area contributed by atoms with Gasteiger partial charge in [0.2, 0.25) is 0 Å². The van der Waals surface area contributed by atoms with Crippen molar-refractivity contribution in [2.75, 3.05) is 0 Å². The Morgan fingerprint density at radius 2 is 1.47 bits per heavy atom. The maximum atomic E-state index is 12.1. The molecule has 0 spiro atoms. The zero-order valence-corrected chi connectivity index (χ0v) is 17.6. The molecule has 10 nitrogen and oxygen atoms in total. The fraction of sp³-hybridized carbons (Fsp3) is 0. The third-order valence-electron chi connectivity index (χ3n) is 4.72. The van der Waals surface area contributed by atoms with E-state index in [9.17, 15) is 31.4 Å². The topological polar surface area (TPSA) is 163 Å². The van der Waals surface area contributed by atoms with Crippen LogP contribution < -0.4 is 0 Å². The Bertz CT molecular complexity index is 1640. The van der Waals surface area contributed by atoms with Crippen molar-refractivity contribution >= 4 is 53.1 Å². The number of phenols is 1. The smallest absolute Gasteiger partial charge is 0.320 e. The van der Waals surface area contributed by atoms with Gasteiger partial charge in [0.25, 0.3) is 10.1 Å². The third kappa shape index (κ3) is 3.82. The van der Waals surface area contributed by atoms with E-state index in [4.69, 9.17) is 0 Å². The highest BCUT2D eigenvalue weighted by atomic mass is 32.2. The molecular weight excluding hydrogens is 458 g/mol. The van der Waals surface area contributed by atoms with Crippen molar-refractivity contribution in [3.05, 3.63) is 71.6 Å². The molecule has 0 amide bonds. The first-order valence-electron chi connectivity index (χ1n) is 8.88. The first-order chi connectivity index (χ1) is 15.1. The van der Waals surface area contributed by atoms with Gasteiger partial charge in [0.15, 0.2) is 5.75 Å². The number of fused-ring (bicyclic) bond motifs is 2. The number of sulfonamides is 1. The van der Waals surface area contributed by atoms with E-state index in [1.807, 2.05) is 18.2 Å². The molecule has 0 atom stereocenters. The summed E-state index contributed by atoms with van der Waals surface area (Å²) < 4.78 is 58.4. The van der Waals surface area contributed by atoms with Crippen molar-refractivity contribution in [3.8, 4) is 5.75 Å². The molecule has 2 N–H and O–H groups in total. The highest BCUT2D eigenvalue weighted by molar-refractivity contribution is 7.90. The van der Waals surface area contributed by atoms with E-state index in [0.29, 0.717) is 5.69 Å². The van der Waals surface area contributed by atoms with E-state index in [2.05, 4.69) is 14.8 Å². The van der Waals surface area contributed by atoms with Crippen LogP contribution in [0.1, 0.15) is 0 Å². The van der Waals surface area contributed by atoms with Gasteiger partial charge in [-0.3, -0.25) is 4.55 Å². The lowest BCUT2D eigenvalue weighted by Crippen LogP contribution is -1.99. The molecule has 0 heterocycles. The predicted octanol–water partition coefficient (Wildman–Crippen LogP) is 4.82. The normalized spacial score (nSPS) is 12.5. The van der Waals surface area contributed by atoms with Crippen LogP contribution in [0, 0.1) is 4.91 Å². The molecule has 32 heavy (non-hydrogen) atoms. The predicted molar refractivity (Wildman–Crippen MR) is 117 cm³/mol. The molecule has 4 aromatic carbocycles. The molecule has 4 rings (SSSR count). The van der Waals surface area contributed by atoms with Crippen LogP contribution in [0.25, 0.3) is 21.5 Å². The monoisotopic (exact) mass is 471 g/mol. The summed E-state index contributed by atoms with van der Waals surface area (Å²) in [4.78, 5) is 9.45. The molecular formula is C20H13N3O7S2. The highest BCUT2D eigenvalue weighted by Crippen LogP contribution is 2.42. The first kappa shape index (κ1) is 21.5. The molecule has 162 valence electrons. The van der Waals surface area contributed by atoms with Crippen LogP contribution >= 0.6 is 0 Å². The number of benzene rings is 4. The quantitative estimate of drug-likeness (QED) is 0.239. The second-order valence-corrected chi connectivity index (χ2v) is 9.64. The number of azo groups is 1. The Hall–Kier alpha value is -3.74. The largest absolute Gasteiger partial charge is 0.504 e. The zero-order valence-electron chi connectivity index (χ0n) is 15.9. The van der Waals surface area contributed by atoms with Gasteiger partial charge in [-0.15, -0.1) is 15.1 Å². The molecule has 0 bridgehead atoms. The Labute approximate surface area is 181 Å². The summed E-state index contributed by atoms with van der Waals surface area (Å²) in [5.74, 6) is -0.874. The number of aromatic hydroxyl groups is 1. The molecule has 12 heteroatoms. The molecule has 0 aliphatic rings. The fourth-order valence-electron chi connectivity index (χ4n) is 3.23. The van der Waals surface area contributed by atoms with Gasteiger partial charge in [-0.25, -0.2) is 0 Å². The molecule has 0 aliphatic heterocycles. The Morgan fingerprint density at radius 3 is 2.19 bits per heavy atom. The van der Waals surface area contributed by atoms with Gasteiger partial charge in [0.1, 0.15) is 10.6 Å². The number of nitrogens with zero attached hydrogens (tertiary/aromatic N) is 3. The lowest BCUT2D eigenvalue weighted by Gasteiger charge is -2.09. The van der Waals surface area contributed by atoms with Crippen molar-refractivity contribution in [3.63, 3.8) is 0 Å². The fourth-order valence-corrected chi connectivity index (χ4v) is 4.44. The van der Waals surface area contributed by atoms with Crippen LogP contribution in [0.4, 0.5) is 11.4 Å². The molecule has 0 fully saturated rings. The third-order valence-corrected chi connectivity index (χ3v) is 6.63. The summed E-state index contributed by atoms with van der Waals surface area (Å²) in [6.07, 6.45) is 0. The van der Waals surface area contributed by atoms with Gasteiger partial charge in [-0.2, -0.15) is 16.8 Å². The van der Waals surface area contributed by atoms with Crippen molar-refractivity contribution in [1.29, 1.82) is 0 Å². The van der Waals surface area contributed by atoms with Crippen LogP contribution in [0.2, 0.25) is 0 Å². The van der Waals surface area contributed by atoms with E-state index in [-0.39, 0.29) is 16.5 Å². The van der Waals surface area contributed by atoms with E-state index in [0.717, 1.165) is 29.0 Å². The summed E-state index contributed by atoms with van der Waals surface area (Å²) in [5.41, 5.74) is 0.103. The molecule has 0 aliphatic carbocycles. The van der Waals surface area contributed by atoms with E-state index >= 15 is 0 Å². The van der Waals surface area contributed by atoms with Crippen LogP contribution in [-0.2, 0) is 20.1 Å². The molecule has 0 unspecified atom stereocenters. The lowest BCUT2D eigenvalue weighted by molar-refractivity contribution is 0.461. The number of nitroso groups, excluding NO2 is 1. The summed E-state index contributed by atoms with van der Waals surface area (Å²) >= 11 is 0. The summed E-state index contributed by atoms with van der Waals surface area (Å²) in [6, 6.07) is 16.7. The maximum absolute atomic E-state index is 12.1. The average Bonchev–Trinajstić information content (AvgIpc) is 2.77. The number of hydrogen-bond acceptors (Lipinski definition) is 8. The van der Waals surface area contributed by atoms with E-state index < -0.39 is 35.7 Å². The minimum absolute atomic E-state index is 0.0352. The van der Waals surface area contributed by atoms with Crippen LogP contribution in [0.5, 0.6) is 5.75 Å². The first-order valence-corrected chi connectivity index (χ1v) is 11.8. The molecule has 0 saturated carbocycles. The van der Waals surface area contributed by atoms with Gasteiger partial charge >= 0.3 is 10.0 Å².